The molecular weight excluding hydrogens is 294 g/mol. The quantitative estimate of drug-likeness (QED) is 0.786. The van der Waals surface area contributed by atoms with Crippen molar-refractivity contribution in [1.29, 1.82) is 0 Å². The zero-order chi connectivity index (χ0) is 15.5. The van der Waals surface area contributed by atoms with Gasteiger partial charge in [-0.1, -0.05) is 44.2 Å². The molecule has 2 heterocycles. The van der Waals surface area contributed by atoms with E-state index in [9.17, 15) is 4.79 Å². The van der Waals surface area contributed by atoms with Gasteiger partial charge in [0.1, 0.15) is 0 Å². The van der Waals surface area contributed by atoms with Crippen LogP contribution in [-0.2, 0) is 6.54 Å². The summed E-state index contributed by atoms with van der Waals surface area (Å²) >= 11 is 1.48. The summed E-state index contributed by atoms with van der Waals surface area (Å²) in [6.45, 7) is 4.96. The molecule has 5 heteroatoms. The second-order valence-electron chi connectivity index (χ2n) is 5.65. The van der Waals surface area contributed by atoms with Gasteiger partial charge in [-0.25, -0.2) is 4.98 Å². The molecule has 0 aliphatic heterocycles. The maximum atomic E-state index is 12.0. The number of rotatable bonds is 5. The Morgan fingerprint density at radius 1 is 1.27 bits per heavy atom. The first-order chi connectivity index (χ1) is 10.6. The average molecular weight is 313 g/mol. The van der Waals surface area contributed by atoms with E-state index in [0.717, 1.165) is 10.7 Å². The predicted molar refractivity (Wildman–Crippen MR) is 90.2 cm³/mol. The summed E-state index contributed by atoms with van der Waals surface area (Å²) in [7, 11) is 0. The maximum Gasteiger partial charge on any atom is 0.258 e. The molecule has 0 aliphatic rings. The molecule has 0 radical (unpaired) electrons. The molecule has 1 N–H and O–H groups in total. The Labute approximate surface area is 133 Å². The molecule has 1 aromatic carbocycles. The van der Waals surface area contributed by atoms with E-state index >= 15 is 0 Å². The molecular formula is C17H19N3OS. The van der Waals surface area contributed by atoms with Gasteiger partial charge in [-0.3, -0.25) is 9.20 Å². The molecule has 114 valence electrons. The summed E-state index contributed by atoms with van der Waals surface area (Å²) in [6, 6.07) is 12.2. The molecule has 0 spiro atoms. The van der Waals surface area contributed by atoms with Gasteiger partial charge in [-0.15, -0.1) is 11.3 Å². The van der Waals surface area contributed by atoms with Gasteiger partial charge in [0.2, 0.25) is 0 Å². The van der Waals surface area contributed by atoms with Gasteiger partial charge in [0.15, 0.2) is 4.96 Å². The van der Waals surface area contributed by atoms with Crippen molar-refractivity contribution in [3.8, 4) is 0 Å². The highest BCUT2D eigenvalue weighted by Crippen LogP contribution is 2.21. The van der Waals surface area contributed by atoms with Gasteiger partial charge < -0.3 is 5.32 Å². The van der Waals surface area contributed by atoms with E-state index in [1.165, 1.54) is 16.9 Å². The van der Waals surface area contributed by atoms with E-state index in [-0.39, 0.29) is 11.6 Å². The summed E-state index contributed by atoms with van der Waals surface area (Å²) in [4.78, 5) is 17.3. The van der Waals surface area contributed by atoms with Crippen LogP contribution in [0.1, 0.15) is 31.1 Å². The largest absolute Gasteiger partial charge is 0.304 e. The number of nitrogens with one attached hydrogen (secondary N) is 1. The molecule has 4 nitrogen and oxygen atoms in total. The van der Waals surface area contributed by atoms with Gasteiger partial charge in [0, 0.05) is 30.2 Å². The highest BCUT2D eigenvalue weighted by Gasteiger charge is 2.15. The summed E-state index contributed by atoms with van der Waals surface area (Å²) < 4.78 is 1.57. The van der Waals surface area contributed by atoms with Crippen LogP contribution < -0.4 is 10.9 Å². The van der Waals surface area contributed by atoms with Crippen LogP contribution in [0.3, 0.4) is 0 Å². The van der Waals surface area contributed by atoms with E-state index in [1.807, 2.05) is 11.4 Å². The third kappa shape index (κ3) is 3.10. The minimum absolute atomic E-state index is 0.0242. The zero-order valence-corrected chi connectivity index (χ0v) is 13.5. The highest BCUT2D eigenvalue weighted by molar-refractivity contribution is 7.15. The molecule has 0 fully saturated rings. The lowest BCUT2D eigenvalue weighted by molar-refractivity contribution is 0.408. The first-order valence-corrected chi connectivity index (χ1v) is 8.27. The van der Waals surface area contributed by atoms with E-state index in [2.05, 4.69) is 48.4 Å². The number of nitrogens with zero attached hydrogens (tertiary/aromatic N) is 2. The van der Waals surface area contributed by atoms with Crippen molar-refractivity contribution < 1.29 is 0 Å². The van der Waals surface area contributed by atoms with Gasteiger partial charge in [-0.05, 0) is 11.5 Å². The third-order valence-electron chi connectivity index (χ3n) is 3.68. The lowest BCUT2D eigenvalue weighted by Gasteiger charge is -2.22. The fraction of sp³-hybridized carbons (Fsp3) is 0.294. The van der Waals surface area contributed by atoms with Crippen molar-refractivity contribution in [2.45, 2.75) is 26.4 Å². The van der Waals surface area contributed by atoms with Crippen molar-refractivity contribution >= 4 is 16.3 Å². The van der Waals surface area contributed by atoms with Crippen molar-refractivity contribution in [3.63, 3.8) is 0 Å². The van der Waals surface area contributed by atoms with Gasteiger partial charge in [0.25, 0.3) is 5.56 Å². The Morgan fingerprint density at radius 2 is 2.05 bits per heavy atom. The minimum atomic E-state index is -0.0242. The molecule has 0 amide bonds. The lowest BCUT2D eigenvalue weighted by Crippen LogP contribution is -2.26. The van der Waals surface area contributed by atoms with Gasteiger partial charge in [-0.2, -0.15) is 0 Å². The van der Waals surface area contributed by atoms with Crippen LogP contribution in [0.25, 0.3) is 4.96 Å². The van der Waals surface area contributed by atoms with Crippen LogP contribution >= 0.6 is 11.3 Å². The highest BCUT2D eigenvalue weighted by atomic mass is 32.1. The average Bonchev–Trinajstić information content (AvgIpc) is 2.97. The van der Waals surface area contributed by atoms with E-state index in [0.29, 0.717) is 12.5 Å². The van der Waals surface area contributed by atoms with Crippen LogP contribution in [-0.4, -0.2) is 9.38 Å². The van der Waals surface area contributed by atoms with E-state index < -0.39 is 0 Å². The summed E-state index contributed by atoms with van der Waals surface area (Å²) in [5.74, 6) is 0.453. The molecule has 22 heavy (non-hydrogen) atoms. The van der Waals surface area contributed by atoms with E-state index in [4.69, 9.17) is 0 Å². The van der Waals surface area contributed by atoms with Crippen LogP contribution in [0.5, 0.6) is 0 Å². The van der Waals surface area contributed by atoms with Crippen LogP contribution in [0.15, 0.2) is 52.8 Å². The number of aromatic nitrogens is 2. The van der Waals surface area contributed by atoms with Gasteiger partial charge in [0.05, 0.1) is 5.69 Å². The number of hydrogen-bond acceptors (Lipinski definition) is 4. The molecule has 0 unspecified atom stereocenters. The van der Waals surface area contributed by atoms with Crippen molar-refractivity contribution in [1.82, 2.24) is 14.7 Å². The first kappa shape index (κ1) is 14.9. The first-order valence-electron chi connectivity index (χ1n) is 7.39. The Morgan fingerprint density at radius 3 is 2.77 bits per heavy atom. The van der Waals surface area contributed by atoms with E-state index in [1.54, 1.807) is 16.7 Å². The van der Waals surface area contributed by atoms with Crippen molar-refractivity contribution in [3.05, 3.63) is 69.6 Å². The predicted octanol–water partition coefficient (Wildman–Crippen LogP) is 3.24. The molecule has 1 atom stereocenters. The second kappa shape index (κ2) is 6.42. The number of benzene rings is 1. The third-order valence-corrected chi connectivity index (χ3v) is 4.44. The Hall–Kier alpha value is -1.98. The number of fused-ring (bicyclic) bond motifs is 1. The molecule has 2 aromatic heterocycles. The maximum absolute atomic E-state index is 12.0. The molecule has 0 saturated carbocycles. The summed E-state index contributed by atoms with van der Waals surface area (Å²) in [5, 5.41) is 5.41. The Kier molecular flexibility index (Phi) is 4.36. The Bertz CT molecular complexity index is 807. The fourth-order valence-corrected chi connectivity index (χ4v) is 3.33. The normalized spacial score (nSPS) is 12.9. The molecule has 0 saturated heterocycles. The summed E-state index contributed by atoms with van der Waals surface area (Å²) in [6.07, 6.45) is 1.76. The summed E-state index contributed by atoms with van der Waals surface area (Å²) in [5.41, 5.74) is 2.02. The van der Waals surface area contributed by atoms with Crippen molar-refractivity contribution in [2.75, 3.05) is 0 Å². The topological polar surface area (TPSA) is 46.4 Å². The molecule has 3 rings (SSSR count). The van der Waals surface area contributed by atoms with Crippen LogP contribution in [0.4, 0.5) is 0 Å². The van der Waals surface area contributed by atoms with Gasteiger partial charge >= 0.3 is 0 Å². The van der Waals surface area contributed by atoms with Crippen LogP contribution in [0, 0.1) is 5.92 Å². The minimum Gasteiger partial charge on any atom is -0.304 e. The smallest absolute Gasteiger partial charge is 0.258 e. The zero-order valence-electron chi connectivity index (χ0n) is 12.7. The second-order valence-corrected chi connectivity index (χ2v) is 6.53. The molecule has 0 aliphatic carbocycles. The lowest BCUT2D eigenvalue weighted by atomic mass is 9.96. The number of hydrogen-bond donors (Lipinski definition) is 1. The molecule has 0 bridgehead atoms. The van der Waals surface area contributed by atoms with Crippen molar-refractivity contribution in [2.24, 2.45) is 5.92 Å². The standard InChI is InChI=1S/C17H19N3OS/c1-12(2)16(13-6-4-3-5-7-13)18-11-14-10-15(21)20-8-9-22-17(20)19-14/h3-10,12,16,18H,11H2,1-2H3/t16-/m1/s1. The molecule has 3 aromatic rings. The number of thiazole rings is 1. The SMILES string of the molecule is CC(C)[C@@H](NCc1cc(=O)n2ccsc2n1)c1ccccc1. The fourth-order valence-electron chi connectivity index (χ4n) is 2.59. The monoisotopic (exact) mass is 313 g/mol. The Balaban J connectivity index is 1.80. The van der Waals surface area contributed by atoms with Crippen LogP contribution in [0.2, 0.25) is 0 Å².